The Hall–Kier alpha value is -1.00. The Kier molecular flexibility index (Phi) is 4.07. The van der Waals surface area contributed by atoms with Gasteiger partial charge in [-0.25, -0.2) is 0 Å². The minimum absolute atomic E-state index is 0.179. The molecule has 1 nitrogen and oxygen atoms in total. The van der Waals surface area contributed by atoms with Crippen LogP contribution in [0.4, 0.5) is 0 Å². The quantitative estimate of drug-likeness (QED) is 0.692. The van der Waals surface area contributed by atoms with Crippen molar-refractivity contribution in [2.24, 2.45) is 5.41 Å². The van der Waals surface area contributed by atoms with Gasteiger partial charge in [-0.05, 0) is 30.9 Å². The third-order valence-corrected chi connectivity index (χ3v) is 4.15. The summed E-state index contributed by atoms with van der Waals surface area (Å²) in [6.07, 6.45) is 7.75. The molecule has 1 aliphatic rings. The van der Waals surface area contributed by atoms with Gasteiger partial charge in [-0.3, -0.25) is 0 Å². The fraction of sp³-hybridized carbons (Fsp3) is 0.533. The van der Waals surface area contributed by atoms with Crippen LogP contribution in [0.15, 0.2) is 24.3 Å². The van der Waals surface area contributed by atoms with Crippen molar-refractivity contribution >= 4 is 11.6 Å². The van der Waals surface area contributed by atoms with Gasteiger partial charge < -0.3 is 0 Å². The van der Waals surface area contributed by atoms with E-state index in [2.05, 4.69) is 6.07 Å². The predicted octanol–water partition coefficient (Wildman–Crippen LogP) is 4.75. The van der Waals surface area contributed by atoms with E-state index in [1.165, 1.54) is 25.7 Å². The van der Waals surface area contributed by atoms with Crippen molar-refractivity contribution in [3.8, 4) is 6.07 Å². The van der Waals surface area contributed by atoms with Crippen LogP contribution in [-0.2, 0) is 6.42 Å². The smallest absolute Gasteiger partial charge is 0.0693 e. The van der Waals surface area contributed by atoms with Gasteiger partial charge in [0, 0.05) is 5.02 Å². The van der Waals surface area contributed by atoms with Crippen molar-refractivity contribution < 1.29 is 0 Å². The zero-order valence-corrected chi connectivity index (χ0v) is 10.8. The summed E-state index contributed by atoms with van der Waals surface area (Å²) in [7, 11) is 0. The summed E-state index contributed by atoms with van der Waals surface area (Å²) in [5.41, 5.74) is 0.944. The van der Waals surface area contributed by atoms with Crippen LogP contribution < -0.4 is 0 Å². The molecule has 1 aliphatic carbocycles. The Morgan fingerprint density at radius 2 is 1.76 bits per heavy atom. The van der Waals surface area contributed by atoms with Gasteiger partial charge in [0.1, 0.15) is 0 Å². The molecule has 17 heavy (non-hydrogen) atoms. The maximum Gasteiger partial charge on any atom is 0.0693 e. The van der Waals surface area contributed by atoms with Crippen LogP contribution in [0.3, 0.4) is 0 Å². The van der Waals surface area contributed by atoms with Crippen LogP contribution in [0, 0.1) is 16.7 Å². The van der Waals surface area contributed by atoms with Crippen LogP contribution in [0.2, 0.25) is 5.02 Å². The molecule has 0 N–H and O–H groups in total. The molecule has 1 fully saturated rings. The summed E-state index contributed by atoms with van der Waals surface area (Å²) >= 11 is 6.19. The number of benzene rings is 1. The molecule has 0 aliphatic heterocycles. The highest BCUT2D eigenvalue weighted by atomic mass is 35.5. The van der Waals surface area contributed by atoms with E-state index < -0.39 is 0 Å². The molecule has 2 heteroatoms. The molecule has 2 rings (SSSR count). The SMILES string of the molecule is N#CC1(Cc2ccccc2Cl)CCCCCC1. The van der Waals surface area contributed by atoms with E-state index in [1.807, 2.05) is 24.3 Å². The van der Waals surface area contributed by atoms with Gasteiger partial charge in [0.15, 0.2) is 0 Å². The fourth-order valence-corrected chi connectivity index (χ4v) is 2.94. The number of hydrogen-bond donors (Lipinski definition) is 0. The zero-order chi connectivity index (χ0) is 12.1. The summed E-state index contributed by atoms with van der Waals surface area (Å²) in [5.74, 6) is 0. The van der Waals surface area contributed by atoms with Crippen molar-refractivity contribution in [2.45, 2.75) is 44.9 Å². The Labute approximate surface area is 108 Å². The maximum absolute atomic E-state index is 9.53. The molecular formula is C15H18ClN. The molecule has 0 spiro atoms. The summed E-state index contributed by atoms with van der Waals surface area (Å²) in [6, 6.07) is 10.5. The lowest BCUT2D eigenvalue weighted by Crippen LogP contribution is -2.21. The number of nitrogens with zero attached hydrogens (tertiary/aromatic N) is 1. The van der Waals surface area contributed by atoms with Crippen LogP contribution in [0.25, 0.3) is 0 Å². The summed E-state index contributed by atoms with van der Waals surface area (Å²) in [4.78, 5) is 0. The number of nitriles is 1. The molecule has 0 radical (unpaired) electrons. The molecule has 0 atom stereocenters. The second kappa shape index (κ2) is 5.56. The van der Waals surface area contributed by atoms with E-state index in [-0.39, 0.29) is 5.41 Å². The third kappa shape index (κ3) is 3.01. The van der Waals surface area contributed by atoms with Crippen LogP contribution >= 0.6 is 11.6 Å². The van der Waals surface area contributed by atoms with E-state index in [1.54, 1.807) is 0 Å². The van der Waals surface area contributed by atoms with Crippen molar-refractivity contribution in [3.63, 3.8) is 0 Å². The van der Waals surface area contributed by atoms with Gasteiger partial charge in [0.05, 0.1) is 11.5 Å². The molecule has 90 valence electrons. The first-order valence-electron chi connectivity index (χ1n) is 6.40. The molecule has 0 aromatic heterocycles. The van der Waals surface area contributed by atoms with E-state index in [4.69, 9.17) is 11.6 Å². The second-order valence-corrected chi connectivity index (χ2v) is 5.48. The minimum atomic E-state index is -0.179. The van der Waals surface area contributed by atoms with E-state index in [9.17, 15) is 5.26 Å². The van der Waals surface area contributed by atoms with E-state index >= 15 is 0 Å². The molecule has 1 aromatic carbocycles. The largest absolute Gasteiger partial charge is 0.198 e. The lowest BCUT2D eigenvalue weighted by Gasteiger charge is -2.25. The Balaban J connectivity index is 2.19. The minimum Gasteiger partial charge on any atom is -0.198 e. The van der Waals surface area contributed by atoms with Gasteiger partial charge in [0.2, 0.25) is 0 Å². The Morgan fingerprint density at radius 3 is 2.35 bits per heavy atom. The van der Waals surface area contributed by atoms with Gasteiger partial charge in [0.25, 0.3) is 0 Å². The molecule has 0 heterocycles. The summed E-state index contributed by atoms with van der Waals surface area (Å²) in [5, 5.41) is 10.3. The average molecular weight is 248 g/mol. The first kappa shape index (κ1) is 12.5. The lowest BCUT2D eigenvalue weighted by atomic mass is 9.77. The normalized spacial score (nSPS) is 19.3. The highest BCUT2D eigenvalue weighted by molar-refractivity contribution is 6.31. The fourth-order valence-electron chi connectivity index (χ4n) is 2.74. The van der Waals surface area contributed by atoms with Crippen molar-refractivity contribution in [1.29, 1.82) is 5.26 Å². The van der Waals surface area contributed by atoms with Crippen LogP contribution in [-0.4, -0.2) is 0 Å². The topological polar surface area (TPSA) is 23.8 Å². The van der Waals surface area contributed by atoms with Gasteiger partial charge in [-0.15, -0.1) is 0 Å². The third-order valence-electron chi connectivity index (χ3n) is 3.78. The number of rotatable bonds is 2. The molecule has 0 unspecified atom stereocenters. The zero-order valence-electron chi connectivity index (χ0n) is 10.1. The average Bonchev–Trinajstić information content (AvgIpc) is 2.58. The predicted molar refractivity (Wildman–Crippen MR) is 70.9 cm³/mol. The standard InChI is InChI=1S/C15H18ClN/c16-14-8-4-3-7-13(14)11-15(12-17)9-5-1-2-6-10-15/h3-4,7-8H,1-2,5-6,9-11H2. The monoisotopic (exact) mass is 247 g/mol. The molecule has 0 bridgehead atoms. The lowest BCUT2D eigenvalue weighted by molar-refractivity contribution is 0.339. The highest BCUT2D eigenvalue weighted by Crippen LogP contribution is 2.38. The molecular weight excluding hydrogens is 230 g/mol. The Bertz CT molecular complexity index is 411. The van der Waals surface area contributed by atoms with Gasteiger partial charge in [-0.2, -0.15) is 5.26 Å². The highest BCUT2D eigenvalue weighted by Gasteiger charge is 2.31. The molecule has 1 aromatic rings. The van der Waals surface area contributed by atoms with Crippen LogP contribution in [0.1, 0.15) is 44.1 Å². The second-order valence-electron chi connectivity index (χ2n) is 5.07. The van der Waals surface area contributed by atoms with Gasteiger partial charge >= 0.3 is 0 Å². The summed E-state index contributed by atoms with van der Waals surface area (Å²) in [6.45, 7) is 0. The maximum atomic E-state index is 9.53. The first-order valence-corrected chi connectivity index (χ1v) is 6.78. The van der Waals surface area contributed by atoms with Crippen LogP contribution in [0.5, 0.6) is 0 Å². The van der Waals surface area contributed by atoms with E-state index in [0.717, 1.165) is 29.8 Å². The molecule has 0 saturated heterocycles. The first-order chi connectivity index (χ1) is 8.26. The number of hydrogen-bond acceptors (Lipinski definition) is 1. The molecule has 0 amide bonds. The molecule has 1 saturated carbocycles. The van der Waals surface area contributed by atoms with Crippen molar-refractivity contribution in [3.05, 3.63) is 34.9 Å². The van der Waals surface area contributed by atoms with Crippen molar-refractivity contribution in [2.75, 3.05) is 0 Å². The number of halogens is 1. The van der Waals surface area contributed by atoms with E-state index in [0.29, 0.717) is 0 Å². The van der Waals surface area contributed by atoms with Gasteiger partial charge in [-0.1, -0.05) is 55.5 Å². The Morgan fingerprint density at radius 1 is 1.12 bits per heavy atom. The summed E-state index contributed by atoms with van der Waals surface area (Å²) < 4.78 is 0. The van der Waals surface area contributed by atoms with Crippen molar-refractivity contribution in [1.82, 2.24) is 0 Å².